The number of rotatable bonds is 9. The second kappa shape index (κ2) is 9.60. The Kier molecular flexibility index (Phi) is 6.91. The van der Waals surface area contributed by atoms with E-state index in [1.54, 1.807) is 25.1 Å². The van der Waals surface area contributed by atoms with Crippen LogP contribution in [0.5, 0.6) is 5.75 Å². The first kappa shape index (κ1) is 21.6. The van der Waals surface area contributed by atoms with Gasteiger partial charge < -0.3 is 14.5 Å². The van der Waals surface area contributed by atoms with Gasteiger partial charge >= 0.3 is 0 Å². The molecule has 0 aliphatic carbocycles. The molecule has 1 aromatic heterocycles. The van der Waals surface area contributed by atoms with Gasteiger partial charge in [0.15, 0.2) is 0 Å². The van der Waals surface area contributed by atoms with Crippen molar-refractivity contribution >= 4 is 15.9 Å². The summed E-state index contributed by atoms with van der Waals surface area (Å²) in [4.78, 5) is 12.6. The van der Waals surface area contributed by atoms with Crippen molar-refractivity contribution in [1.82, 2.24) is 10.0 Å². The molecule has 8 heteroatoms. The molecular weight excluding hydrogens is 404 g/mol. The van der Waals surface area contributed by atoms with Crippen molar-refractivity contribution < 1.29 is 22.4 Å². The fraction of sp³-hybridized carbons (Fsp3) is 0.227. The Morgan fingerprint density at radius 1 is 1.07 bits per heavy atom. The zero-order valence-corrected chi connectivity index (χ0v) is 17.7. The Morgan fingerprint density at radius 2 is 1.90 bits per heavy atom. The summed E-state index contributed by atoms with van der Waals surface area (Å²) in [6, 6.07) is 15.4. The summed E-state index contributed by atoms with van der Waals surface area (Å²) >= 11 is 0. The monoisotopic (exact) mass is 428 g/mol. The Bertz CT molecular complexity index is 1110. The second-order valence-electron chi connectivity index (χ2n) is 6.80. The Labute approximate surface area is 176 Å². The molecule has 1 amide bonds. The molecule has 0 radical (unpaired) electrons. The van der Waals surface area contributed by atoms with Gasteiger partial charge in [-0.05, 0) is 61.4 Å². The summed E-state index contributed by atoms with van der Waals surface area (Å²) in [5, 5.41) is 2.76. The Morgan fingerprint density at radius 3 is 2.63 bits per heavy atom. The van der Waals surface area contributed by atoms with Crippen LogP contribution in [0.4, 0.5) is 0 Å². The lowest BCUT2D eigenvalue weighted by Crippen LogP contribution is -2.29. The predicted molar refractivity (Wildman–Crippen MR) is 113 cm³/mol. The molecule has 0 atom stereocenters. The van der Waals surface area contributed by atoms with Crippen LogP contribution in [-0.4, -0.2) is 27.5 Å². The van der Waals surface area contributed by atoms with E-state index in [1.807, 2.05) is 31.2 Å². The summed E-state index contributed by atoms with van der Waals surface area (Å²) in [5.41, 5.74) is 2.06. The molecule has 7 nitrogen and oxygen atoms in total. The lowest BCUT2D eigenvalue weighted by atomic mass is 10.1. The van der Waals surface area contributed by atoms with E-state index in [2.05, 4.69) is 10.0 Å². The normalized spacial score (nSPS) is 11.3. The van der Waals surface area contributed by atoms with E-state index in [1.165, 1.54) is 18.4 Å². The summed E-state index contributed by atoms with van der Waals surface area (Å²) in [7, 11) is -3.79. The number of hydrogen-bond acceptors (Lipinski definition) is 5. The predicted octanol–water partition coefficient (Wildman–Crippen LogP) is 3.18. The van der Waals surface area contributed by atoms with Crippen LogP contribution in [0.15, 0.2) is 70.2 Å². The van der Waals surface area contributed by atoms with Gasteiger partial charge in [0.25, 0.3) is 5.91 Å². The van der Waals surface area contributed by atoms with E-state index in [0.717, 1.165) is 11.3 Å². The minimum Gasteiger partial charge on any atom is -0.492 e. The molecule has 0 saturated carbocycles. The van der Waals surface area contributed by atoms with Gasteiger partial charge in [-0.25, -0.2) is 13.1 Å². The minimum absolute atomic E-state index is 0.0146. The van der Waals surface area contributed by atoms with E-state index in [0.29, 0.717) is 30.0 Å². The fourth-order valence-electron chi connectivity index (χ4n) is 2.81. The number of carbonyl (C=O) groups excluding carboxylic acids is 1. The second-order valence-corrected chi connectivity index (χ2v) is 8.57. The molecule has 0 saturated heterocycles. The van der Waals surface area contributed by atoms with Gasteiger partial charge in [-0.15, -0.1) is 0 Å². The fourth-order valence-corrected chi connectivity index (χ4v) is 3.83. The van der Waals surface area contributed by atoms with E-state index in [4.69, 9.17) is 9.15 Å². The molecule has 3 rings (SSSR count). The standard InChI is InChI=1S/C22H24N2O5S/c1-16-5-3-6-18(13-16)29-12-10-23-22(25)21-14-20(9-8-17(21)2)30(26,27)24-15-19-7-4-11-28-19/h3-9,11,13-14,24H,10,12,15H2,1-2H3,(H,23,25). The van der Waals surface area contributed by atoms with Crippen LogP contribution in [0, 0.1) is 13.8 Å². The van der Waals surface area contributed by atoms with Crippen LogP contribution >= 0.6 is 0 Å². The van der Waals surface area contributed by atoms with Crippen LogP contribution in [0.2, 0.25) is 0 Å². The maximum Gasteiger partial charge on any atom is 0.251 e. The van der Waals surface area contributed by atoms with E-state index in [-0.39, 0.29) is 17.3 Å². The maximum atomic E-state index is 12.6. The molecule has 3 aromatic rings. The number of benzene rings is 2. The average Bonchev–Trinajstić information content (AvgIpc) is 3.24. The van der Waals surface area contributed by atoms with Crippen LogP contribution in [0.25, 0.3) is 0 Å². The molecule has 0 spiro atoms. The third kappa shape index (κ3) is 5.71. The van der Waals surface area contributed by atoms with Gasteiger partial charge in [-0.3, -0.25) is 4.79 Å². The number of ether oxygens (including phenoxy) is 1. The Balaban J connectivity index is 1.60. The van der Waals surface area contributed by atoms with Crippen LogP contribution in [0.3, 0.4) is 0 Å². The van der Waals surface area contributed by atoms with Gasteiger partial charge in [-0.2, -0.15) is 0 Å². The van der Waals surface area contributed by atoms with Crippen molar-refractivity contribution in [2.75, 3.05) is 13.2 Å². The zero-order chi connectivity index (χ0) is 21.6. The first-order chi connectivity index (χ1) is 14.3. The van der Waals surface area contributed by atoms with Gasteiger partial charge in [0.1, 0.15) is 18.1 Å². The lowest BCUT2D eigenvalue weighted by molar-refractivity contribution is 0.0946. The number of furan rings is 1. The first-order valence-electron chi connectivity index (χ1n) is 9.45. The molecule has 158 valence electrons. The molecule has 0 unspecified atom stereocenters. The van der Waals surface area contributed by atoms with Crippen LogP contribution in [-0.2, 0) is 16.6 Å². The summed E-state index contributed by atoms with van der Waals surface area (Å²) < 4.78 is 38.3. The van der Waals surface area contributed by atoms with Crippen molar-refractivity contribution in [3.8, 4) is 5.75 Å². The zero-order valence-electron chi connectivity index (χ0n) is 16.8. The summed E-state index contributed by atoms with van der Waals surface area (Å²) in [6.07, 6.45) is 1.47. The number of sulfonamides is 1. The van der Waals surface area contributed by atoms with E-state index < -0.39 is 10.0 Å². The van der Waals surface area contributed by atoms with Gasteiger partial charge in [0.05, 0.1) is 24.2 Å². The molecule has 0 fully saturated rings. The molecule has 0 aliphatic rings. The van der Waals surface area contributed by atoms with Gasteiger partial charge in [-0.1, -0.05) is 18.2 Å². The molecule has 2 aromatic carbocycles. The highest BCUT2D eigenvalue weighted by Gasteiger charge is 2.18. The van der Waals surface area contributed by atoms with Crippen LogP contribution in [0.1, 0.15) is 27.2 Å². The number of carbonyl (C=O) groups is 1. The maximum absolute atomic E-state index is 12.6. The van der Waals surface area contributed by atoms with Gasteiger partial charge in [0.2, 0.25) is 10.0 Å². The van der Waals surface area contributed by atoms with Crippen LogP contribution < -0.4 is 14.8 Å². The number of aryl methyl sites for hydroxylation is 2. The minimum atomic E-state index is -3.79. The summed E-state index contributed by atoms with van der Waals surface area (Å²) in [6.45, 7) is 4.35. The number of nitrogens with one attached hydrogen (secondary N) is 2. The first-order valence-corrected chi connectivity index (χ1v) is 10.9. The van der Waals surface area contributed by atoms with E-state index >= 15 is 0 Å². The SMILES string of the molecule is Cc1cccc(OCCNC(=O)c2cc(S(=O)(=O)NCc3ccco3)ccc2C)c1. The van der Waals surface area contributed by atoms with Crippen molar-refractivity contribution in [1.29, 1.82) is 0 Å². The highest BCUT2D eigenvalue weighted by molar-refractivity contribution is 7.89. The van der Waals surface area contributed by atoms with Crippen molar-refractivity contribution in [2.24, 2.45) is 0 Å². The van der Waals surface area contributed by atoms with Gasteiger partial charge in [0, 0.05) is 5.56 Å². The molecule has 2 N–H and O–H groups in total. The lowest BCUT2D eigenvalue weighted by Gasteiger charge is -2.12. The highest BCUT2D eigenvalue weighted by atomic mass is 32.2. The third-order valence-corrected chi connectivity index (χ3v) is 5.83. The molecule has 0 aliphatic heterocycles. The topological polar surface area (TPSA) is 97.6 Å². The van der Waals surface area contributed by atoms with E-state index in [9.17, 15) is 13.2 Å². The summed E-state index contributed by atoms with van der Waals surface area (Å²) in [5.74, 6) is 0.872. The average molecular weight is 429 g/mol. The largest absolute Gasteiger partial charge is 0.492 e. The molecule has 0 bridgehead atoms. The molecular formula is C22H24N2O5S. The molecule has 30 heavy (non-hydrogen) atoms. The number of hydrogen-bond donors (Lipinski definition) is 2. The molecule has 1 heterocycles. The van der Waals surface area contributed by atoms with Crippen molar-refractivity contribution in [3.05, 3.63) is 83.3 Å². The smallest absolute Gasteiger partial charge is 0.251 e. The quantitative estimate of drug-likeness (QED) is 0.510. The van der Waals surface area contributed by atoms with Crippen molar-refractivity contribution in [3.63, 3.8) is 0 Å². The highest BCUT2D eigenvalue weighted by Crippen LogP contribution is 2.16. The third-order valence-electron chi connectivity index (χ3n) is 4.43. The van der Waals surface area contributed by atoms with Crippen molar-refractivity contribution in [2.45, 2.75) is 25.3 Å². The number of amides is 1. The Hall–Kier alpha value is -3.10.